The average Bonchev–Trinajstić information content (AvgIpc) is 2.64. The first-order chi connectivity index (χ1) is 12.1. The number of aromatic nitrogens is 1. The van der Waals surface area contributed by atoms with Crippen molar-refractivity contribution in [3.05, 3.63) is 110 Å². The van der Waals surface area contributed by atoms with Crippen molar-refractivity contribution >= 4 is 11.4 Å². The van der Waals surface area contributed by atoms with Gasteiger partial charge in [0.05, 0.1) is 21.5 Å². The molecule has 0 spiro atoms. The number of nitro benzene ring substituents is 2. The lowest BCUT2D eigenvalue weighted by atomic mass is 9.88. The zero-order chi connectivity index (χ0) is 17.8. The highest BCUT2D eigenvalue weighted by Gasteiger charge is 2.20. The molecule has 0 fully saturated rings. The maximum atomic E-state index is 10.9. The molecular formula is C18H13N3O4. The Hall–Kier alpha value is -3.61. The van der Waals surface area contributed by atoms with E-state index in [1.807, 2.05) is 12.1 Å². The molecule has 0 radical (unpaired) electrons. The lowest BCUT2D eigenvalue weighted by Gasteiger charge is -2.17. The van der Waals surface area contributed by atoms with Gasteiger partial charge >= 0.3 is 0 Å². The molecule has 0 unspecified atom stereocenters. The highest BCUT2D eigenvalue weighted by atomic mass is 16.6. The van der Waals surface area contributed by atoms with Gasteiger partial charge in [-0.05, 0) is 23.3 Å². The minimum atomic E-state index is -0.453. The van der Waals surface area contributed by atoms with E-state index in [0.29, 0.717) is 0 Å². The third kappa shape index (κ3) is 3.50. The predicted octanol–water partition coefficient (Wildman–Crippen LogP) is 4.08. The van der Waals surface area contributed by atoms with Crippen LogP contribution in [-0.4, -0.2) is 14.8 Å². The molecule has 0 bridgehead atoms. The van der Waals surface area contributed by atoms with E-state index < -0.39 is 9.85 Å². The Labute approximate surface area is 142 Å². The fourth-order valence-electron chi connectivity index (χ4n) is 2.66. The first kappa shape index (κ1) is 16.3. The summed E-state index contributed by atoms with van der Waals surface area (Å²) >= 11 is 0. The van der Waals surface area contributed by atoms with E-state index in [1.165, 1.54) is 24.3 Å². The monoisotopic (exact) mass is 335 g/mol. The Morgan fingerprint density at radius 2 is 1.20 bits per heavy atom. The van der Waals surface area contributed by atoms with Crippen LogP contribution < -0.4 is 0 Å². The molecule has 0 atom stereocenters. The van der Waals surface area contributed by atoms with Crippen molar-refractivity contribution in [1.29, 1.82) is 0 Å². The second-order valence-electron chi connectivity index (χ2n) is 5.38. The van der Waals surface area contributed by atoms with E-state index in [0.717, 1.165) is 16.8 Å². The number of nitrogens with zero attached hydrogens (tertiary/aromatic N) is 3. The van der Waals surface area contributed by atoms with Crippen molar-refractivity contribution in [1.82, 2.24) is 4.98 Å². The smallest absolute Gasteiger partial charge is 0.260 e. The summed E-state index contributed by atoms with van der Waals surface area (Å²) in [6.45, 7) is 0. The molecule has 1 heterocycles. The van der Waals surface area contributed by atoms with Crippen LogP contribution >= 0.6 is 0 Å². The molecule has 7 nitrogen and oxygen atoms in total. The molecule has 3 rings (SSSR count). The van der Waals surface area contributed by atoms with Gasteiger partial charge in [0, 0.05) is 30.5 Å². The fraction of sp³-hybridized carbons (Fsp3) is 0.0556. The molecule has 7 heteroatoms. The number of benzene rings is 2. The highest BCUT2D eigenvalue weighted by molar-refractivity contribution is 5.45. The van der Waals surface area contributed by atoms with E-state index in [4.69, 9.17) is 0 Å². The topological polar surface area (TPSA) is 99.2 Å². The normalized spacial score (nSPS) is 10.6. The van der Waals surface area contributed by atoms with Gasteiger partial charge in [-0.1, -0.05) is 30.3 Å². The Morgan fingerprint density at radius 3 is 1.56 bits per heavy atom. The second-order valence-corrected chi connectivity index (χ2v) is 5.38. The summed E-state index contributed by atoms with van der Waals surface area (Å²) in [7, 11) is 0. The minimum absolute atomic E-state index is 0.00669. The number of rotatable bonds is 5. The molecule has 2 aromatic carbocycles. The van der Waals surface area contributed by atoms with Crippen LogP contribution in [-0.2, 0) is 0 Å². The lowest BCUT2D eigenvalue weighted by Crippen LogP contribution is -2.05. The number of pyridine rings is 1. The van der Waals surface area contributed by atoms with Crippen molar-refractivity contribution < 1.29 is 9.85 Å². The molecule has 1 aromatic heterocycles. The van der Waals surface area contributed by atoms with E-state index >= 15 is 0 Å². The van der Waals surface area contributed by atoms with Crippen LogP contribution in [0.1, 0.15) is 22.7 Å². The van der Waals surface area contributed by atoms with E-state index in [2.05, 4.69) is 4.98 Å². The summed E-state index contributed by atoms with van der Waals surface area (Å²) in [5.41, 5.74) is 2.40. The zero-order valence-corrected chi connectivity index (χ0v) is 13.0. The summed E-state index contributed by atoms with van der Waals surface area (Å²) in [6, 6.07) is 18.0. The van der Waals surface area contributed by atoms with Crippen LogP contribution in [0.5, 0.6) is 0 Å². The average molecular weight is 335 g/mol. The van der Waals surface area contributed by atoms with Crippen LogP contribution in [0.2, 0.25) is 0 Å². The molecule has 0 aliphatic carbocycles. The number of nitro groups is 2. The molecule has 0 aliphatic heterocycles. The summed E-state index contributed by atoms with van der Waals surface area (Å²) in [6.07, 6.45) is 1.67. The van der Waals surface area contributed by atoms with Crippen molar-refractivity contribution in [2.75, 3.05) is 0 Å². The molecule has 0 N–H and O–H groups in total. The van der Waals surface area contributed by atoms with Crippen LogP contribution in [0.25, 0.3) is 0 Å². The second kappa shape index (κ2) is 6.88. The molecule has 124 valence electrons. The van der Waals surface area contributed by atoms with Gasteiger partial charge in [-0.2, -0.15) is 0 Å². The largest absolute Gasteiger partial charge is 0.269 e. The van der Waals surface area contributed by atoms with Crippen molar-refractivity contribution in [3.8, 4) is 0 Å². The lowest BCUT2D eigenvalue weighted by molar-refractivity contribution is -0.385. The van der Waals surface area contributed by atoms with Gasteiger partial charge < -0.3 is 0 Å². The number of hydrogen-bond acceptors (Lipinski definition) is 5. The minimum Gasteiger partial charge on any atom is -0.260 e. The molecule has 0 aliphatic rings. The third-order valence-electron chi connectivity index (χ3n) is 3.86. The van der Waals surface area contributed by atoms with E-state index in [9.17, 15) is 20.2 Å². The van der Waals surface area contributed by atoms with Crippen LogP contribution in [0.4, 0.5) is 11.4 Å². The highest BCUT2D eigenvalue weighted by Crippen LogP contribution is 2.32. The van der Waals surface area contributed by atoms with Gasteiger partial charge in [0.2, 0.25) is 0 Å². The van der Waals surface area contributed by atoms with Gasteiger partial charge in [0.15, 0.2) is 0 Å². The Bertz CT molecular complexity index is 836. The van der Waals surface area contributed by atoms with Crippen molar-refractivity contribution in [2.24, 2.45) is 0 Å². The molecule has 25 heavy (non-hydrogen) atoms. The number of non-ortho nitro benzene ring substituents is 2. The quantitative estimate of drug-likeness (QED) is 0.517. The maximum absolute atomic E-state index is 10.9. The molecule has 0 saturated carbocycles. The zero-order valence-electron chi connectivity index (χ0n) is 13.0. The van der Waals surface area contributed by atoms with Gasteiger partial charge in [-0.15, -0.1) is 0 Å². The SMILES string of the molecule is O=[N+]([O-])c1ccc(C(c2ccc([N+](=O)[O-])cc2)c2ccccn2)cc1. The number of hydrogen-bond donors (Lipinski definition) is 0. The Balaban J connectivity index is 2.07. The molecule has 0 saturated heterocycles. The van der Waals surface area contributed by atoms with Gasteiger partial charge in [-0.3, -0.25) is 25.2 Å². The summed E-state index contributed by atoms with van der Waals surface area (Å²) < 4.78 is 0. The molecule has 3 aromatic rings. The van der Waals surface area contributed by atoms with Gasteiger partial charge in [0.25, 0.3) is 11.4 Å². The van der Waals surface area contributed by atoms with E-state index in [1.54, 1.807) is 36.5 Å². The van der Waals surface area contributed by atoms with Crippen molar-refractivity contribution in [3.63, 3.8) is 0 Å². The maximum Gasteiger partial charge on any atom is 0.269 e. The summed E-state index contributed by atoms with van der Waals surface area (Å²) in [4.78, 5) is 25.2. The first-order valence-corrected chi connectivity index (χ1v) is 7.46. The van der Waals surface area contributed by atoms with Gasteiger partial charge in [0.1, 0.15) is 0 Å². The fourth-order valence-corrected chi connectivity index (χ4v) is 2.66. The summed E-state index contributed by atoms with van der Waals surface area (Å²) in [5.74, 6) is -0.275. The van der Waals surface area contributed by atoms with Crippen LogP contribution in [0, 0.1) is 20.2 Å². The molecular weight excluding hydrogens is 322 g/mol. The van der Waals surface area contributed by atoms with E-state index in [-0.39, 0.29) is 17.3 Å². The van der Waals surface area contributed by atoms with Crippen molar-refractivity contribution in [2.45, 2.75) is 5.92 Å². The van der Waals surface area contributed by atoms with Gasteiger partial charge in [-0.25, -0.2) is 0 Å². The van der Waals surface area contributed by atoms with Crippen LogP contribution in [0.15, 0.2) is 72.9 Å². The third-order valence-corrected chi connectivity index (χ3v) is 3.86. The first-order valence-electron chi connectivity index (χ1n) is 7.46. The summed E-state index contributed by atoms with van der Waals surface area (Å²) in [5, 5.41) is 21.7. The standard InChI is InChI=1S/C18H13N3O4/c22-20(23)15-8-4-13(5-9-15)18(17-3-1-2-12-19-17)14-6-10-16(11-7-14)21(24)25/h1-12,18H. The molecule has 0 amide bonds. The Morgan fingerprint density at radius 1 is 0.720 bits per heavy atom. The Kier molecular flexibility index (Phi) is 4.47. The van der Waals surface area contributed by atoms with Crippen LogP contribution in [0.3, 0.4) is 0 Å². The predicted molar refractivity (Wildman–Crippen MR) is 91.4 cm³/mol.